The summed E-state index contributed by atoms with van der Waals surface area (Å²) in [6.07, 6.45) is 4.03. The molecule has 1 aliphatic rings. The van der Waals surface area contributed by atoms with Crippen molar-refractivity contribution < 1.29 is 13.9 Å². The van der Waals surface area contributed by atoms with Crippen LogP contribution in [0.5, 0.6) is 5.75 Å². The molecule has 2 aromatic rings. The summed E-state index contributed by atoms with van der Waals surface area (Å²) < 4.78 is 16.3. The monoisotopic (exact) mass is 315 g/mol. The maximum absolute atomic E-state index is 11.4. The number of rotatable bonds is 7. The standard InChI is InChI=1S/C18H21NO4/c1-13-11-18(20)23-16-12-14(6-7-15(13)16)21-9-4-2-3-5-17-19-8-10-22-17/h6-7,11-12H,2-5,8-10H2,1H3. The Morgan fingerprint density at radius 2 is 2.13 bits per heavy atom. The van der Waals surface area contributed by atoms with Gasteiger partial charge in [-0.3, -0.25) is 4.99 Å². The summed E-state index contributed by atoms with van der Waals surface area (Å²) in [4.78, 5) is 15.7. The van der Waals surface area contributed by atoms with Crippen LogP contribution in [0.25, 0.3) is 11.0 Å². The lowest BCUT2D eigenvalue weighted by atomic mass is 10.1. The highest BCUT2D eigenvalue weighted by atomic mass is 16.5. The highest BCUT2D eigenvalue weighted by Crippen LogP contribution is 2.22. The fourth-order valence-corrected chi connectivity index (χ4v) is 2.67. The first kappa shape index (κ1) is 15.6. The van der Waals surface area contributed by atoms with Gasteiger partial charge in [-0.25, -0.2) is 4.79 Å². The summed E-state index contributed by atoms with van der Waals surface area (Å²) in [5.74, 6) is 1.63. The Hall–Kier alpha value is -2.30. The van der Waals surface area contributed by atoms with Gasteiger partial charge in [0, 0.05) is 23.9 Å². The molecule has 3 rings (SSSR count). The van der Waals surface area contributed by atoms with Crippen molar-refractivity contribution in [3.05, 3.63) is 40.2 Å². The van der Waals surface area contributed by atoms with E-state index in [1.807, 2.05) is 19.1 Å². The maximum Gasteiger partial charge on any atom is 0.336 e. The van der Waals surface area contributed by atoms with Crippen LogP contribution in [0.2, 0.25) is 0 Å². The normalized spacial score (nSPS) is 13.9. The second-order valence-corrected chi connectivity index (χ2v) is 5.69. The van der Waals surface area contributed by atoms with Crippen molar-refractivity contribution in [1.29, 1.82) is 0 Å². The van der Waals surface area contributed by atoms with Crippen molar-refractivity contribution in [2.45, 2.75) is 32.6 Å². The molecule has 0 aliphatic carbocycles. The van der Waals surface area contributed by atoms with Crippen LogP contribution in [0.1, 0.15) is 31.2 Å². The molecule has 0 fully saturated rings. The molecule has 5 heteroatoms. The van der Waals surface area contributed by atoms with Gasteiger partial charge in [-0.1, -0.05) is 0 Å². The Kier molecular flexibility index (Phi) is 4.95. The van der Waals surface area contributed by atoms with E-state index in [0.29, 0.717) is 12.2 Å². The number of nitrogens with zero attached hydrogens (tertiary/aromatic N) is 1. The SMILES string of the molecule is Cc1cc(=O)oc2cc(OCCCCCC3=NCCO3)ccc12. The molecule has 0 saturated carbocycles. The molecule has 1 aliphatic heterocycles. The van der Waals surface area contributed by atoms with Gasteiger partial charge in [0.2, 0.25) is 0 Å². The van der Waals surface area contributed by atoms with Gasteiger partial charge < -0.3 is 13.9 Å². The van der Waals surface area contributed by atoms with Crippen LogP contribution >= 0.6 is 0 Å². The Morgan fingerprint density at radius 3 is 2.96 bits per heavy atom. The minimum absolute atomic E-state index is 0.329. The van der Waals surface area contributed by atoms with Crippen molar-refractivity contribution in [3.8, 4) is 5.75 Å². The van der Waals surface area contributed by atoms with Gasteiger partial charge in [-0.05, 0) is 43.9 Å². The molecule has 0 radical (unpaired) electrons. The number of hydrogen-bond donors (Lipinski definition) is 0. The van der Waals surface area contributed by atoms with Crippen molar-refractivity contribution in [2.75, 3.05) is 19.8 Å². The van der Waals surface area contributed by atoms with Crippen LogP contribution in [0.15, 0.2) is 38.5 Å². The van der Waals surface area contributed by atoms with Gasteiger partial charge in [0.15, 0.2) is 5.90 Å². The van der Waals surface area contributed by atoms with Crippen molar-refractivity contribution in [3.63, 3.8) is 0 Å². The number of hydrogen-bond acceptors (Lipinski definition) is 5. The van der Waals surface area contributed by atoms with E-state index < -0.39 is 0 Å². The number of unbranched alkanes of at least 4 members (excludes halogenated alkanes) is 2. The molecule has 23 heavy (non-hydrogen) atoms. The van der Waals surface area contributed by atoms with Gasteiger partial charge in [-0.15, -0.1) is 0 Å². The Balaban J connectivity index is 1.46. The molecule has 5 nitrogen and oxygen atoms in total. The van der Waals surface area contributed by atoms with E-state index >= 15 is 0 Å². The lowest BCUT2D eigenvalue weighted by Gasteiger charge is -2.07. The van der Waals surface area contributed by atoms with E-state index in [4.69, 9.17) is 13.9 Å². The largest absolute Gasteiger partial charge is 0.493 e. The minimum atomic E-state index is -0.329. The second-order valence-electron chi connectivity index (χ2n) is 5.69. The Morgan fingerprint density at radius 1 is 1.22 bits per heavy atom. The molecule has 0 amide bonds. The summed E-state index contributed by atoms with van der Waals surface area (Å²) in [6.45, 7) is 4.08. The lowest BCUT2D eigenvalue weighted by Crippen LogP contribution is -2.01. The zero-order valence-electron chi connectivity index (χ0n) is 13.3. The summed E-state index contributed by atoms with van der Waals surface area (Å²) >= 11 is 0. The predicted molar refractivity (Wildman–Crippen MR) is 89.4 cm³/mol. The number of aliphatic imine (C=N–C) groups is 1. The molecule has 2 heterocycles. The molecule has 0 N–H and O–H groups in total. The van der Waals surface area contributed by atoms with Crippen molar-refractivity contribution in [2.24, 2.45) is 4.99 Å². The highest BCUT2D eigenvalue weighted by molar-refractivity contribution is 5.81. The lowest BCUT2D eigenvalue weighted by molar-refractivity contribution is 0.303. The first-order chi connectivity index (χ1) is 11.2. The minimum Gasteiger partial charge on any atom is -0.493 e. The van der Waals surface area contributed by atoms with E-state index in [1.165, 1.54) is 6.07 Å². The van der Waals surface area contributed by atoms with E-state index in [9.17, 15) is 4.79 Å². The molecule has 0 spiro atoms. The van der Waals surface area contributed by atoms with Crippen LogP contribution < -0.4 is 10.4 Å². The Bertz CT molecular complexity index is 763. The van der Waals surface area contributed by atoms with Crippen LogP contribution in [-0.2, 0) is 4.74 Å². The fraction of sp³-hybridized carbons (Fsp3) is 0.444. The zero-order valence-corrected chi connectivity index (χ0v) is 13.3. The van der Waals surface area contributed by atoms with Crippen molar-refractivity contribution in [1.82, 2.24) is 0 Å². The number of benzene rings is 1. The van der Waals surface area contributed by atoms with Gasteiger partial charge in [0.25, 0.3) is 0 Å². The Labute approximate surface area is 134 Å². The van der Waals surface area contributed by atoms with E-state index in [2.05, 4.69) is 4.99 Å². The van der Waals surface area contributed by atoms with E-state index in [0.717, 1.165) is 61.4 Å². The number of fused-ring (bicyclic) bond motifs is 1. The molecular weight excluding hydrogens is 294 g/mol. The molecule has 1 aromatic carbocycles. The first-order valence-electron chi connectivity index (χ1n) is 8.06. The third kappa shape index (κ3) is 4.12. The van der Waals surface area contributed by atoms with Crippen LogP contribution in [0.4, 0.5) is 0 Å². The topological polar surface area (TPSA) is 61.0 Å². The average Bonchev–Trinajstić information content (AvgIpc) is 3.03. The van der Waals surface area contributed by atoms with Gasteiger partial charge in [-0.2, -0.15) is 0 Å². The molecule has 0 unspecified atom stereocenters. The highest BCUT2D eigenvalue weighted by Gasteiger charge is 2.06. The first-order valence-corrected chi connectivity index (χ1v) is 8.06. The van der Waals surface area contributed by atoms with E-state index in [-0.39, 0.29) is 5.63 Å². The quantitative estimate of drug-likeness (QED) is 0.580. The van der Waals surface area contributed by atoms with Gasteiger partial charge in [0.05, 0.1) is 13.2 Å². The fourth-order valence-electron chi connectivity index (χ4n) is 2.67. The molecular formula is C18H21NO4. The summed E-state index contributed by atoms with van der Waals surface area (Å²) in [5, 5.41) is 0.939. The van der Waals surface area contributed by atoms with E-state index in [1.54, 1.807) is 6.07 Å². The summed E-state index contributed by atoms with van der Waals surface area (Å²) in [7, 11) is 0. The van der Waals surface area contributed by atoms with Crippen LogP contribution in [0, 0.1) is 6.92 Å². The predicted octanol–water partition coefficient (Wildman–Crippen LogP) is 3.47. The van der Waals surface area contributed by atoms with Gasteiger partial charge >= 0.3 is 5.63 Å². The molecule has 122 valence electrons. The summed E-state index contributed by atoms with van der Waals surface area (Å²) in [6, 6.07) is 7.13. The molecule has 1 aromatic heterocycles. The van der Waals surface area contributed by atoms with Crippen LogP contribution in [0.3, 0.4) is 0 Å². The zero-order chi connectivity index (χ0) is 16.1. The summed E-state index contributed by atoms with van der Waals surface area (Å²) in [5.41, 5.74) is 1.16. The maximum atomic E-state index is 11.4. The third-order valence-electron chi connectivity index (χ3n) is 3.87. The van der Waals surface area contributed by atoms with Crippen LogP contribution in [-0.4, -0.2) is 25.7 Å². The number of aryl methyl sites for hydroxylation is 1. The molecule has 0 atom stereocenters. The molecule has 0 bridgehead atoms. The van der Waals surface area contributed by atoms with Gasteiger partial charge in [0.1, 0.15) is 17.9 Å². The number of ether oxygens (including phenoxy) is 2. The third-order valence-corrected chi connectivity index (χ3v) is 3.87. The molecule has 0 saturated heterocycles. The smallest absolute Gasteiger partial charge is 0.336 e. The average molecular weight is 315 g/mol. The van der Waals surface area contributed by atoms with Crippen molar-refractivity contribution >= 4 is 16.9 Å². The second kappa shape index (κ2) is 7.31.